The monoisotopic (exact) mass is 282 g/mol. The van der Waals surface area contributed by atoms with E-state index in [1.807, 2.05) is 66.5 Å². The molecule has 4 nitrogen and oxygen atoms in total. The van der Waals surface area contributed by atoms with Crippen molar-refractivity contribution in [2.24, 2.45) is 0 Å². The molecule has 0 saturated carbocycles. The van der Waals surface area contributed by atoms with E-state index >= 15 is 0 Å². The van der Waals surface area contributed by atoms with Gasteiger partial charge in [0.25, 0.3) is 0 Å². The van der Waals surface area contributed by atoms with E-state index in [0.29, 0.717) is 0 Å². The van der Waals surface area contributed by atoms with Crippen LogP contribution in [0.15, 0.2) is 54.6 Å². The van der Waals surface area contributed by atoms with Crippen LogP contribution in [0.5, 0.6) is 11.5 Å². The highest BCUT2D eigenvalue weighted by Crippen LogP contribution is 2.26. The van der Waals surface area contributed by atoms with Gasteiger partial charge in [0.2, 0.25) is 5.91 Å². The fraction of sp³-hybridized carbons (Fsp3) is 0.235. The average Bonchev–Trinajstić information content (AvgIpc) is 2.90. The maximum absolute atomic E-state index is 12.1. The molecule has 0 spiro atoms. The minimum atomic E-state index is -0.0646. The summed E-state index contributed by atoms with van der Waals surface area (Å²) in [5, 5.41) is 3.04. The third-order valence-electron chi connectivity index (χ3n) is 3.68. The highest BCUT2D eigenvalue weighted by atomic mass is 16.5. The Morgan fingerprint density at radius 3 is 2.33 bits per heavy atom. The van der Waals surface area contributed by atoms with E-state index in [0.717, 1.165) is 30.2 Å². The van der Waals surface area contributed by atoms with Crippen molar-refractivity contribution in [3.63, 3.8) is 0 Å². The molecular formula is C17H18N2O2. The van der Waals surface area contributed by atoms with Gasteiger partial charge in [0.05, 0.1) is 6.04 Å². The van der Waals surface area contributed by atoms with Crippen molar-refractivity contribution < 1.29 is 9.53 Å². The Balaban J connectivity index is 1.71. The fourth-order valence-corrected chi connectivity index (χ4v) is 2.52. The summed E-state index contributed by atoms with van der Waals surface area (Å²) in [5.41, 5.74) is 0.915. The number of ether oxygens (including phenoxy) is 1. The molecule has 1 atom stereocenters. The molecule has 0 radical (unpaired) electrons. The van der Waals surface area contributed by atoms with Gasteiger partial charge < -0.3 is 15.0 Å². The van der Waals surface area contributed by atoms with E-state index in [1.165, 1.54) is 0 Å². The zero-order valence-corrected chi connectivity index (χ0v) is 12.0. The lowest BCUT2D eigenvalue weighted by Crippen LogP contribution is -2.36. The third kappa shape index (κ3) is 2.90. The first kappa shape index (κ1) is 13.6. The maximum atomic E-state index is 12.1. The third-order valence-corrected chi connectivity index (χ3v) is 3.68. The number of likely N-dealkylation sites (N-methyl/N-ethyl adjacent to an activating group) is 1. The largest absolute Gasteiger partial charge is 0.457 e. The van der Waals surface area contributed by atoms with Gasteiger partial charge in [-0.25, -0.2) is 0 Å². The Bertz CT molecular complexity index is 610. The number of hydrogen-bond donors (Lipinski definition) is 1. The number of benzene rings is 2. The van der Waals surface area contributed by atoms with Gasteiger partial charge in [-0.3, -0.25) is 4.79 Å². The maximum Gasteiger partial charge on any atom is 0.244 e. The quantitative estimate of drug-likeness (QED) is 0.937. The molecule has 1 N–H and O–H groups in total. The highest BCUT2D eigenvalue weighted by Gasteiger charge is 2.31. The molecule has 1 heterocycles. The first-order chi connectivity index (χ1) is 10.3. The summed E-state index contributed by atoms with van der Waals surface area (Å²) in [4.78, 5) is 14.0. The number of carbonyl (C=O) groups excluding carboxylic acids is 1. The van der Waals surface area contributed by atoms with Crippen LogP contribution in [0.2, 0.25) is 0 Å². The van der Waals surface area contributed by atoms with Crippen LogP contribution in [0.3, 0.4) is 0 Å². The van der Waals surface area contributed by atoms with E-state index < -0.39 is 0 Å². The Morgan fingerprint density at radius 2 is 1.71 bits per heavy atom. The minimum Gasteiger partial charge on any atom is -0.457 e. The van der Waals surface area contributed by atoms with E-state index in [4.69, 9.17) is 4.74 Å². The Kier molecular flexibility index (Phi) is 3.88. The smallest absolute Gasteiger partial charge is 0.244 e. The van der Waals surface area contributed by atoms with Crippen LogP contribution in [-0.4, -0.2) is 25.5 Å². The number of hydrogen-bond acceptors (Lipinski definition) is 3. The molecule has 0 bridgehead atoms. The molecule has 1 aliphatic rings. The van der Waals surface area contributed by atoms with Gasteiger partial charge in [0.1, 0.15) is 11.5 Å². The number of para-hydroxylation sites is 1. The van der Waals surface area contributed by atoms with Gasteiger partial charge in [-0.05, 0) is 49.9 Å². The van der Waals surface area contributed by atoms with Crippen LogP contribution in [-0.2, 0) is 4.79 Å². The Labute approximate surface area is 124 Å². The molecule has 4 heteroatoms. The van der Waals surface area contributed by atoms with E-state index in [9.17, 15) is 4.79 Å². The predicted molar refractivity (Wildman–Crippen MR) is 82.8 cm³/mol. The van der Waals surface area contributed by atoms with Gasteiger partial charge in [0.15, 0.2) is 0 Å². The lowest BCUT2D eigenvalue weighted by molar-refractivity contribution is -0.118. The summed E-state index contributed by atoms with van der Waals surface area (Å²) in [6, 6.07) is 17.2. The van der Waals surface area contributed by atoms with Gasteiger partial charge in [-0.1, -0.05) is 18.2 Å². The second-order valence-electron chi connectivity index (χ2n) is 5.03. The zero-order valence-electron chi connectivity index (χ0n) is 12.0. The van der Waals surface area contributed by atoms with E-state index in [-0.39, 0.29) is 11.9 Å². The molecule has 1 aliphatic heterocycles. The first-order valence-corrected chi connectivity index (χ1v) is 7.09. The lowest BCUT2D eigenvalue weighted by Gasteiger charge is -2.17. The molecule has 1 amide bonds. The molecule has 2 aromatic carbocycles. The molecular weight excluding hydrogens is 264 g/mol. The van der Waals surface area contributed by atoms with Crippen molar-refractivity contribution in [1.29, 1.82) is 0 Å². The number of nitrogens with one attached hydrogen (secondary N) is 1. The fourth-order valence-electron chi connectivity index (χ4n) is 2.52. The summed E-state index contributed by atoms with van der Waals surface area (Å²) >= 11 is 0. The number of nitrogens with zero attached hydrogens (tertiary/aromatic N) is 1. The van der Waals surface area contributed by atoms with Crippen LogP contribution in [0, 0.1) is 0 Å². The van der Waals surface area contributed by atoms with Crippen LogP contribution in [0.25, 0.3) is 0 Å². The van der Waals surface area contributed by atoms with Crippen molar-refractivity contribution in [2.75, 3.05) is 18.5 Å². The molecule has 2 aromatic rings. The van der Waals surface area contributed by atoms with Crippen molar-refractivity contribution in [3.8, 4) is 11.5 Å². The lowest BCUT2D eigenvalue weighted by atomic mass is 10.2. The first-order valence-electron chi connectivity index (χ1n) is 7.09. The molecule has 108 valence electrons. The highest BCUT2D eigenvalue weighted by molar-refractivity contribution is 5.99. The number of rotatable bonds is 4. The van der Waals surface area contributed by atoms with Crippen LogP contribution in [0.4, 0.5) is 5.69 Å². The molecule has 1 unspecified atom stereocenters. The van der Waals surface area contributed by atoms with Crippen molar-refractivity contribution >= 4 is 11.6 Å². The molecule has 1 fully saturated rings. The zero-order chi connectivity index (χ0) is 14.7. The number of carbonyl (C=O) groups is 1. The summed E-state index contributed by atoms with van der Waals surface area (Å²) < 4.78 is 5.75. The van der Waals surface area contributed by atoms with Gasteiger partial charge in [-0.2, -0.15) is 0 Å². The van der Waals surface area contributed by atoms with E-state index in [1.54, 1.807) is 0 Å². The van der Waals surface area contributed by atoms with Crippen molar-refractivity contribution in [1.82, 2.24) is 5.32 Å². The molecule has 3 rings (SSSR count). The average molecular weight is 282 g/mol. The number of amides is 1. The van der Waals surface area contributed by atoms with Gasteiger partial charge in [-0.15, -0.1) is 0 Å². The summed E-state index contributed by atoms with van der Waals surface area (Å²) in [6.45, 7) is 0.753. The molecule has 21 heavy (non-hydrogen) atoms. The van der Waals surface area contributed by atoms with Crippen LogP contribution < -0.4 is 15.0 Å². The normalized spacial score (nSPS) is 18.0. The standard InChI is InChI=1S/C17H18N2O2/c1-18-16-11-12-19(17(16)20)13-7-9-15(10-8-13)21-14-5-3-2-4-6-14/h2-10,16,18H,11-12H2,1H3. The van der Waals surface area contributed by atoms with Gasteiger partial charge in [0, 0.05) is 12.2 Å². The summed E-state index contributed by atoms with van der Waals surface area (Å²) in [6.07, 6.45) is 0.845. The van der Waals surface area contributed by atoms with Gasteiger partial charge >= 0.3 is 0 Å². The summed E-state index contributed by atoms with van der Waals surface area (Å²) in [5.74, 6) is 1.70. The van der Waals surface area contributed by atoms with E-state index in [2.05, 4.69) is 5.32 Å². The number of anilines is 1. The second kappa shape index (κ2) is 5.97. The van der Waals surface area contributed by atoms with Crippen LogP contribution in [0.1, 0.15) is 6.42 Å². The second-order valence-corrected chi connectivity index (χ2v) is 5.03. The molecule has 0 aromatic heterocycles. The van der Waals surface area contributed by atoms with Crippen LogP contribution >= 0.6 is 0 Å². The van der Waals surface area contributed by atoms with Crippen molar-refractivity contribution in [3.05, 3.63) is 54.6 Å². The Morgan fingerprint density at radius 1 is 1.05 bits per heavy atom. The topological polar surface area (TPSA) is 41.6 Å². The predicted octanol–water partition coefficient (Wildman–Crippen LogP) is 2.80. The minimum absolute atomic E-state index is 0.0646. The Hall–Kier alpha value is -2.33. The summed E-state index contributed by atoms with van der Waals surface area (Å²) in [7, 11) is 1.82. The molecule has 1 saturated heterocycles. The van der Waals surface area contributed by atoms with Crippen molar-refractivity contribution in [2.45, 2.75) is 12.5 Å². The SMILES string of the molecule is CNC1CCN(c2ccc(Oc3ccccc3)cc2)C1=O. The molecule has 0 aliphatic carbocycles.